The fourth-order valence-electron chi connectivity index (χ4n) is 1.95. The number of carbonyl (C=O) groups is 1. The predicted molar refractivity (Wildman–Crippen MR) is 67.2 cm³/mol. The van der Waals surface area contributed by atoms with Crippen molar-refractivity contribution in [3.05, 3.63) is 45.0 Å². The van der Waals surface area contributed by atoms with Gasteiger partial charge in [-0.25, -0.2) is 0 Å². The minimum absolute atomic E-state index is 0.197. The summed E-state index contributed by atoms with van der Waals surface area (Å²) in [6.45, 7) is 1.66. The second kappa shape index (κ2) is 6.17. The van der Waals surface area contributed by atoms with Gasteiger partial charge in [-0.3, -0.25) is 0 Å². The Morgan fingerprint density at radius 1 is 1.29 bits per heavy atom. The van der Waals surface area contributed by atoms with E-state index < -0.39 is 0 Å². The van der Waals surface area contributed by atoms with Gasteiger partial charge in [-0.1, -0.05) is 0 Å². The molecule has 1 nitrogen and oxygen atoms in total. The van der Waals surface area contributed by atoms with Gasteiger partial charge in [-0.05, 0) is 0 Å². The van der Waals surface area contributed by atoms with Crippen molar-refractivity contribution in [2.24, 2.45) is 0 Å². The van der Waals surface area contributed by atoms with Gasteiger partial charge in [0.15, 0.2) is 0 Å². The summed E-state index contributed by atoms with van der Waals surface area (Å²) >= 11 is 1.28. The molecule has 0 aromatic heterocycles. The second-order valence-corrected chi connectivity index (χ2v) is 5.85. The average Bonchev–Trinajstić information content (AvgIpc) is 2.70. The van der Waals surface area contributed by atoms with Crippen LogP contribution in [0.2, 0.25) is 0 Å². The Labute approximate surface area is 109 Å². The van der Waals surface area contributed by atoms with Crippen LogP contribution in [0.3, 0.4) is 0 Å². The standard InChI is InChI=1S/C8H11.C7H7O.Co/c1-2-4-6-8-7-5-3-1;1-6(8)7-4-2-3-5-7;/h1-3H,4,6-8H2;2,4H,3H2,1H3;. The van der Waals surface area contributed by atoms with Gasteiger partial charge in [-0.2, -0.15) is 0 Å². The van der Waals surface area contributed by atoms with Crippen molar-refractivity contribution < 1.29 is 19.5 Å². The Kier molecular flexibility index (Phi) is 4.57. The van der Waals surface area contributed by atoms with Gasteiger partial charge in [0.1, 0.15) is 0 Å². The first-order valence-corrected chi connectivity index (χ1v) is 7.18. The molecule has 0 saturated heterocycles. The molecule has 93 valence electrons. The van der Waals surface area contributed by atoms with E-state index >= 15 is 0 Å². The minimum atomic E-state index is 0.197. The van der Waals surface area contributed by atoms with Crippen LogP contribution in [0.15, 0.2) is 45.0 Å². The van der Waals surface area contributed by atoms with Crippen molar-refractivity contribution in [2.45, 2.75) is 39.0 Å². The molecule has 0 fully saturated rings. The molecule has 0 aromatic carbocycles. The van der Waals surface area contributed by atoms with Gasteiger partial charge in [0.2, 0.25) is 0 Å². The predicted octanol–water partition coefficient (Wildman–Crippen LogP) is 3.89. The molecule has 0 N–H and O–H groups in total. The molecular formula is C15H18CoO. The first-order chi connectivity index (χ1) is 8.27. The summed E-state index contributed by atoms with van der Waals surface area (Å²) in [5, 5.41) is 0. The van der Waals surface area contributed by atoms with Crippen molar-refractivity contribution in [3.8, 4) is 0 Å². The van der Waals surface area contributed by atoms with Crippen LogP contribution in [0.4, 0.5) is 0 Å². The monoisotopic (exact) mass is 273 g/mol. The van der Waals surface area contributed by atoms with Crippen LogP contribution in [-0.2, 0) is 19.5 Å². The van der Waals surface area contributed by atoms with Crippen LogP contribution in [0.5, 0.6) is 0 Å². The van der Waals surface area contributed by atoms with E-state index in [1.54, 1.807) is 6.92 Å². The van der Waals surface area contributed by atoms with E-state index in [1.165, 1.54) is 49.4 Å². The third-order valence-corrected chi connectivity index (χ3v) is 4.45. The van der Waals surface area contributed by atoms with Crippen molar-refractivity contribution in [2.75, 3.05) is 0 Å². The van der Waals surface area contributed by atoms with Crippen LogP contribution < -0.4 is 0 Å². The molecule has 0 atom stereocenters. The van der Waals surface area contributed by atoms with E-state index in [9.17, 15) is 4.79 Å². The molecule has 0 amide bonds. The Hall–Kier alpha value is -0.864. The van der Waals surface area contributed by atoms with Crippen molar-refractivity contribution >= 4 is 5.78 Å². The number of rotatable bonds is 3. The van der Waals surface area contributed by atoms with Crippen LogP contribution in [0, 0.1) is 0 Å². The molecule has 0 aliphatic heterocycles. The Bertz CT molecular complexity index is 424. The molecule has 0 heterocycles. The zero-order valence-electron chi connectivity index (χ0n) is 10.2. The zero-order chi connectivity index (χ0) is 12.1. The summed E-state index contributed by atoms with van der Waals surface area (Å²) in [4.78, 5) is 11.5. The normalized spacial score (nSPS) is 20.4. The number of ketones is 1. The zero-order valence-corrected chi connectivity index (χ0v) is 11.2. The van der Waals surface area contributed by atoms with Gasteiger partial charge < -0.3 is 0 Å². The maximum absolute atomic E-state index is 11.5. The summed E-state index contributed by atoms with van der Waals surface area (Å²) in [5.41, 5.74) is 0.928. The van der Waals surface area contributed by atoms with E-state index in [0.29, 0.717) is 0 Å². The SMILES string of the molecule is CC(=O)C1=[C]([Co][C]2=CC=CCCCC2)CC=C1. The Morgan fingerprint density at radius 2 is 2.18 bits per heavy atom. The molecular weight excluding hydrogens is 255 g/mol. The molecule has 0 radical (unpaired) electrons. The van der Waals surface area contributed by atoms with Gasteiger partial charge in [0.25, 0.3) is 0 Å². The molecule has 0 spiro atoms. The van der Waals surface area contributed by atoms with Crippen molar-refractivity contribution in [1.82, 2.24) is 0 Å². The summed E-state index contributed by atoms with van der Waals surface area (Å²) in [7, 11) is 0. The van der Waals surface area contributed by atoms with Gasteiger partial charge >= 0.3 is 109 Å². The number of carbonyl (C=O) groups excluding carboxylic acids is 1. The Balaban J connectivity index is 2.10. The van der Waals surface area contributed by atoms with E-state index in [2.05, 4.69) is 24.3 Å². The fourth-order valence-corrected chi connectivity index (χ4v) is 3.49. The number of Topliss-reactive ketones (excluding diaryl/α,β-unsaturated/α-hetero) is 1. The fraction of sp³-hybridized carbons (Fsp3) is 0.400. The molecule has 2 aliphatic rings. The van der Waals surface area contributed by atoms with E-state index in [-0.39, 0.29) is 5.78 Å². The summed E-state index contributed by atoms with van der Waals surface area (Å²) in [6.07, 6.45) is 16.5. The molecule has 0 bridgehead atoms. The van der Waals surface area contributed by atoms with E-state index in [1.807, 2.05) is 6.08 Å². The van der Waals surface area contributed by atoms with Gasteiger partial charge in [-0.15, -0.1) is 0 Å². The third-order valence-electron chi connectivity index (χ3n) is 2.87. The number of allylic oxidation sites excluding steroid dienone is 8. The molecule has 17 heavy (non-hydrogen) atoms. The summed E-state index contributed by atoms with van der Waals surface area (Å²) in [5.74, 6) is 0.197. The molecule has 0 aromatic rings. The number of hydrogen-bond acceptors (Lipinski definition) is 1. The van der Waals surface area contributed by atoms with Crippen LogP contribution >= 0.6 is 0 Å². The molecule has 0 unspecified atom stereocenters. The van der Waals surface area contributed by atoms with Crippen LogP contribution in [-0.4, -0.2) is 5.78 Å². The quantitative estimate of drug-likeness (QED) is 0.762. The first kappa shape index (κ1) is 12.6. The first-order valence-electron chi connectivity index (χ1n) is 6.14. The topological polar surface area (TPSA) is 17.1 Å². The molecule has 2 rings (SSSR count). The molecule has 2 aliphatic carbocycles. The number of hydrogen-bond donors (Lipinski definition) is 0. The van der Waals surface area contributed by atoms with Gasteiger partial charge in [0, 0.05) is 0 Å². The average molecular weight is 273 g/mol. The van der Waals surface area contributed by atoms with Crippen LogP contribution in [0.25, 0.3) is 0 Å². The van der Waals surface area contributed by atoms with Crippen molar-refractivity contribution in [1.29, 1.82) is 0 Å². The van der Waals surface area contributed by atoms with Gasteiger partial charge in [0.05, 0.1) is 0 Å². The summed E-state index contributed by atoms with van der Waals surface area (Å²) in [6, 6.07) is 0. The second-order valence-electron chi connectivity index (χ2n) is 4.30. The summed E-state index contributed by atoms with van der Waals surface area (Å²) < 4.78 is 2.71. The molecule has 2 heteroatoms. The molecule has 0 saturated carbocycles. The van der Waals surface area contributed by atoms with E-state index in [4.69, 9.17) is 0 Å². The van der Waals surface area contributed by atoms with E-state index in [0.717, 1.165) is 12.0 Å². The third kappa shape index (κ3) is 3.55. The maximum atomic E-state index is 11.5. The Morgan fingerprint density at radius 3 is 3.00 bits per heavy atom. The van der Waals surface area contributed by atoms with Crippen LogP contribution in [0.1, 0.15) is 39.0 Å². The van der Waals surface area contributed by atoms with Crippen molar-refractivity contribution in [3.63, 3.8) is 0 Å².